The van der Waals surface area contributed by atoms with Crippen molar-refractivity contribution in [2.45, 2.75) is 65.5 Å². The van der Waals surface area contributed by atoms with Gasteiger partial charge >= 0.3 is 0 Å². The fraction of sp³-hybridized carbons (Fsp3) is 1.00. The molecule has 2 unspecified atom stereocenters. The van der Waals surface area contributed by atoms with E-state index in [0.29, 0.717) is 0 Å². The molecule has 0 saturated heterocycles. The molecule has 0 aromatic rings. The molecule has 3 atom stereocenters. The Hall–Kier alpha value is -0.0800. The van der Waals surface area contributed by atoms with E-state index in [0.717, 1.165) is 12.5 Å². The van der Waals surface area contributed by atoms with Crippen molar-refractivity contribution >= 4 is 0 Å². The molecule has 0 bridgehead atoms. The van der Waals surface area contributed by atoms with Crippen molar-refractivity contribution in [1.82, 2.24) is 0 Å². The molecule has 0 saturated carbocycles. The minimum absolute atomic E-state index is 0.138. The Balaban J connectivity index is 3.60. The van der Waals surface area contributed by atoms with Gasteiger partial charge in [-0.25, -0.2) is 0 Å². The molecule has 86 valence electrons. The Morgan fingerprint density at radius 3 is 2.29 bits per heavy atom. The summed E-state index contributed by atoms with van der Waals surface area (Å²) in [7, 11) is 0. The summed E-state index contributed by atoms with van der Waals surface area (Å²) in [5.41, 5.74) is 5.74. The zero-order valence-electron chi connectivity index (χ0n) is 10.3. The van der Waals surface area contributed by atoms with Crippen molar-refractivity contribution in [3.8, 4) is 0 Å². The van der Waals surface area contributed by atoms with E-state index in [1.807, 2.05) is 6.92 Å². The fourth-order valence-electron chi connectivity index (χ4n) is 1.34. The van der Waals surface area contributed by atoms with E-state index < -0.39 is 0 Å². The maximum Gasteiger partial charge on any atom is 0.0695 e. The molecule has 0 heterocycles. The lowest BCUT2D eigenvalue weighted by Crippen LogP contribution is -2.32. The molecule has 2 heteroatoms. The van der Waals surface area contributed by atoms with Crippen molar-refractivity contribution in [2.24, 2.45) is 11.7 Å². The quantitative estimate of drug-likeness (QED) is 0.655. The molecule has 2 nitrogen and oxygen atoms in total. The van der Waals surface area contributed by atoms with Crippen LogP contribution in [0.4, 0.5) is 0 Å². The lowest BCUT2D eigenvalue weighted by Gasteiger charge is -2.21. The second-order valence-corrected chi connectivity index (χ2v) is 4.31. The molecule has 14 heavy (non-hydrogen) atoms. The Kier molecular flexibility index (Phi) is 8.20. The fourth-order valence-corrected chi connectivity index (χ4v) is 1.34. The monoisotopic (exact) mass is 201 g/mol. The van der Waals surface area contributed by atoms with E-state index in [1.54, 1.807) is 0 Å². The Labute approximate surface area is 89.2 Å². The predicted octanol–water partition coefficient (Wildman–Crippen LogP) is 2.96. The van der Waals surface area contributed by atoms with Crippen LogP contribution >= 0.6 is 0 Å². The van der Waals surface area contributed by atoms with E-state index in [9.17, 15) is 0 Å². The van der Waals surface area contributed by atoms with Crippen LogP contribution in [0.2, 0.25) is 0 Å². The first-order valence-corrected chi connectivity index (χ1v) is 5.98. The van der Waals surface area contributed by atoms with Gasteiger partial charge in [-0.15, -0.1) is 0 Å². The van der Waals surface area contributed by atoms with Gasteiger partial charge in [0.15, 0.2) is 0 Å². The van der Waals surface area contributed by atoms with Crippen LogP contribution in [-0.2, 0) is 4.74 Å². The molecular formula is C12H27NO. The van der Waals surface area contributed by atoms with E-state index in [4.69, 9.17) is 10.5 Å². The van der Waals surface area contributed by atoms with Crippen LogP contribution in [0.5, 0.6) is 0 Å². The third-order valence-corrected chi connectivity index (χ3v) is 2.88. The summed E-state index contributed by atoms with van der Waals surface area (Å²) in [6.45, 7) is 9.40. The van der Waals surface area contributed by atoms with Gasteiger partial charge in [0.25, 0.3) is 0 Å². The minimum Gasteiger partial charge on any atom is -0.377 e. The first-order chi connectivity index (χ1) is 6.61. The highest BCUT2D eigenvalue weighted by molar-refractivity contribution is 4.64. The van der Waals surface area contributed by atoms with E-state index in [2.05, 4.69) is 20.8 Å². The minimum atomic E-state index is 0.138. The van der Waals surface area contributed by atoms with Gasteiger partial charge in [0.2, 0.25) is 0 Å². The second kappa shape index (κ2) is 8.25. The van der Waals surface area contributed by atoms with Crippen molar-refractivity contribution in [3.63, 3.8) is 0 Å². The maximum atomic E-state index is 5.74. The molecule has 0 aromatic carbocycles. The molecule has 0 aliphatic heterocycles. The Morgan fingerprint density at radius 2 is 1.86 bits per heavy atom. The van der Waals surface area contributed by atoms with Crippen molar-refractivity contribution in [1.29, 1.82) is 0 Å². The van der Waals surface area contributed by atoms with Crippen LogP contribution in [0.3, 0.4) is 0 Å². The van der Waals surface area contributed by atoms with Crippen molar-refractivity contribution < 1.29 is 4.74 Å². The van der Waals surface area contributed by atoms with Crippen LogP contribution < -0.4 is 5.73 Å². The normalized spacial score (nSPS) is 17.8. The average Bonchev–Trinajstić information content (AvgIpc) is 2.17. The average molecular weight is 201 g/mol. The number of hydrogen-bond donors (Lipinski definition) is 1. The molecule has 0 amide bonds. The van der Waals surface area contributed by atoms with Crippen LogP contribution in [0.15, 0.2) is 0 Å². The molecule has 0 radical (unpaired) electrons. The van der Waals surface area contributed by atoms with Gasteiger partial charge in [-0.1, -0.05) is 33.1 Å². The number of nitrogens with two attached hydrogens (primary N) is 1. The van der Waals surface area contributed by atoms with Crippen LogP contribution in [0.25, 0.3) is 0 Å². The molecule has 0 aliphatic rings. The highest BCUT2D eigenvalue weighted by atomic mass is 16.5. The summed E-state index contributed by atoms with van der Waals surface area (Å²) in [4.78, 5) is 0. The molecule has 2 N–H and O–H groups in total. The summed E-state index contributed by atoms with van der Waals surface area (Å²) < 4.78 is 5.73. The van der Waals surface area contributed by atoms with Crippen LogP contribution in [-0.4, -0.2) is 18.8 Å². The van der Waals surface area contributed by atoms with Crippen molar-refractivity contribution in [3.05, 3.63) is 0 Å². The molecule has 0 rings (SSSR count). The first-order valence-electron chi connectivity index (χ1n) is 5.98. The zero-order valence-corrected chi connectivity index (χ0v) is 10.3. The Bertz CT molecular complexity index is 125. The SMILES string of the molecule is CCCCC(CC)COC(C)[C@@H](C)N. The third kappa shape index (κ3) is 6.39. The highest BCUT2D eigenvalue weighted by Crippen LogP contribution is 2.14. The van der Waals surface area contributed by atoms with Gasteiger partial charge < -0.3 is 10.5 Å². The van der Waals surface area contributed by atoms with Gasteiger partial charge in [0.05, 0.1) is 6.10 Å². The smallest absolute Gasteiger partial charge is 0.0695 e. The summed E-state index contributed by atoms with van der Waals surface area (Å²) in [6.07, 6.45) is 5.28. The lowest BCUT2D eigenvalue weighted by atomic mass is 10.0. The number of unbranched alkanes of at least 4 members (excludes halogenated alkanes) is 1. The number of ether oxygens (including phenoxy) is 1. The first kappa shape index (κ1) is 13.9. The zero-order chi connectivity index (χ0) is 11.0. The van der Waals surface area contributed by atoms with Crippen LogP contribution in [0, 0.1) is 5.92 Å². The Morgan fingerprint density at radius 1 is 1.21 bits per heavy atom. The largest absolute Gasteiger partial charge is 0.377 e. The van der Waals surface area contributed by atoms with E-state index in [-0.39, 0.29) is 12.1 Å². The van der Waals surface area contributed by atoms with Gasteiger partial charge in [0.1, 0.15) is 0 Å². The molecule has 0 aromatic heterocycles. The van der Waals surface area contributed by atoms with E-state index >= 15 is 0 Å². The van der Waals surface area contributed by atoms with Gasteiger partial charge in [-0.05, 0) is 26.2 Å². The third-order valence-electron chi connectivity index (χ3n) is 2.88. The topological polar surface area (TPSA) is 35.2 Å². The lowest BCUT2D eigenvalue weighted by molar-refractivity contribution is 0.0253. The molecule has 0 spiro atoms. The summed E-state index contributed by atoms with van der Waals surface area (Å²) in [6, 6.07) is 0.138. The molecule has 0 fully saturated rings. The predicted molar refractivity (Wildman–Crippen MR) is 62.4 cm³/mol. The maximum absolute atomic E-state index is 5.74. The van der Waals surface area contributed by atoms with Gasteiger partial charge in [-0.3, -0.25) is 0 Å². The summed E-state index contributed by atoms with van der Waals surface area (Å²) in [5, 5.41) is 0. The summed E-state index contributed by atoms with van der Waals surface area (Å²) >= 11 is 0. The number of hydrogen-bond acceptors (Lipinski definition) is 2. The van der Waals surface area contributed by atoms with E-state index in [1.165, 1.54) is 25.7 Å². The summed E-state index contributed by atoms with van der Waals surface area (Å²) in [5.74, 6) is 0.719. The molecular weight excluding hydrogens is 174 g/mol. The van der Waals surface area contributed by atoms with Crippen LogP contribution in [0.1, 0.15) is 53.4 Å². The van der Waals surface area contributed by atoms with Gasteiger partial charge in [-0.2, -0.15) is 0 Å². The standard InChI is InChI=1S/C12H27NO/c1-5-7-8-12(6-2)9-14-11(4)10(3)13/h10-12H,5-9,13H2,1-4H3/t10-,11?,12?/m1/s1. The van der Waals surface area contributed by atoms with Crippen molar-refractivity contribution in [2.75, 3.05) is 6.61 Å². The number of rotatable bonds is 8. The van der Waals surface area contributed by atoms with Gasteiger partial charge in [0, 0.05) is 12.6 Å². The highest BCUT2D eigenvalue weighted by Gasteiger charge is 2.11. The second-order valence-electron chi connectivity index (χ2n) is 4.31. The molecule has 0 aliphatic carbocycles.